The van der Waals surface area contributed by atoms with Gasteiger partial charge in [-0.05, 0) is 54.6 Å². The quantitative estimate of drug-likeness (QED) is 0.233. The van der Waals surface area contributed by atoms with E-state index in [1.54, 1.807) is 11.3 Å². The number of hydrogen-bond donors (Lipinski definition) is 0. The van der Waals surface area contributed by atoms with Crippen LogP contribution in [0.25, 0.3) is 71.9 Å². The Labute approximate surface area is 227 Å². The van der Waals surface area contributed by atoms with E-state index in [4.69, 9.17) is 9.40 Å². The molecule has 0 aliphatic carbocycles. The van der Waals surface area contributed by atoms with E-state index in [2.05, 4.69) is 87.3 Å². The molecule has 0 saturated carbocycles. The second-order valence-corrected chi connectivity index (χ2v) is 10.3. The fraction of sp³-hybridized carbons (Fsp3) is 0. The zero-order valence-corrected chi connectivity index (χ0v) is 21.5. The van der Waals surface area contributed by atoms with Gasteiger partial charge in [0.15, 0.2) is 5.58 Å². The van der Waals surface area contributed by atoms with Crippen LogP contribution in [0.3, 0.4) is 0 Å². The maximum absolute atomic E-state index is 6.11. The van der Waals surface area contributed by atoms with Crippen molar-refractivity contribution in [3.05, 3.63) is 121 Å². The first kappa shape index (κ1) is 22.0. The van der Waals surface area contributed by atoms with Crippen LogP contribution in [0.4, 0.5) is 0 Å². The van der Waals surface area contributed by atoms with Crippen molar-refractivity contribution in [3.8, 4) is 39.0 Å². The maximum Gasteiger partial charge on any atom is 0.227 e. The predicted molar refractivity (Wildman–Crippen MR) is 158 cm³/mol. The van der Waals surface area contributed by atoms with Crippen molar-refractivity contribution in [1.82, 2.24) is 19.5 Å². The van der Waals surface area contributed by atoms with Gasteiger partial charge >= 0.3 is 0 Å². The third-order valence-electron chi connectivity index (χ3n) is 7.05. The van der Waals surface area contributed by atoms with Gasteiger partial charge in [0.05, 0.1) is 16.7 Å². The van der Waals surface area contributed by atoms with E-state index in [0.717, 1.165) is 55.2 Å². The molecule has 8 aromatic rings. The first-order chi connectivity index (χ1) is 19.3. The SMILES string of the molecule is c1cc(-c2cc(-c3nccs3)ccn2)cc(-n2c3ccccc3c3ccc(-c4nc5ccccc5o4)cc32)c1. The first-order valence-corrected chi connectivity index (χ1v) is 13.6. The number of pyridine rings is 1. The molecule has 0 saturated heterocycles. The summed E-state index contributed by atoms with van der Waals surface area (Å²) in [5.41, 5.74) is 8.92. The van der Waals surface area contributed by atoms with Crippen molar-refractivity contribution in [3.63, 3.8) is 0 Å². The van der Waals surface area contributed by atoms with E-state index in [1.165, 1.54) is 10.8 Å². The molecule has 0 N–H and O–H groups in total. The molecule has 184 valence electrons. The molecule has 0 atom stereocenters. The molecule has 8 rings (SSSR count). The number of thiazole rings is 1. The molecule has 39 heavy (non-hydrogen) atoms. The largest absolute Gasteiger partial charge is 0.436 e. The standard InChI is InChI=1S/C33H20N4OS/c1-3-10-29-25(8-1)26-13-12-22(32-36-27-9-2-4-11-31(27)38-32)20-30(26)37(29)24-7-5-6-21(18-24)28-19-23(14-15-34-28)33-35-16-17-39-33/h1-20H. The summed E-state index contributed by atoms with van der Waals surface area (Å²) >= 11 is 1.63. The van der Waals surface area contributed by atoms with Crippen LogP contribution in [0.1, 0.15) is 0 Å². The van der Waals surface area contributed by atoms with Gasteiger partial charge < -0.3 is 8.98 Å². The van der Waals surface area contributed by atoms with E-state index in [-0.39, 0.29) is 0 Å². The molecule has 6 heteroatoms. The van der Waals surface area contributed by atoms with Gasteiger partial charge in [-0.15, -0.1) is 11.3 Å². The number of rotatable bonds is 4. The molecular formula is C33H20N4OS. The summed E-state index contributed by atoms with van der Waals surface area (Å²) in [5, 5.41) is 5.36. The van der Waals surface area contributed by atoms with Crippen LogP contribution in [-0.4, -0.2) is 19.5 Å². The fourth-order valence-corrected chi connectivity index (χ4v) is 5.90. The normalized spacial score (nSPS) is 11.6. The third-order valence-corrected chi connectivity index (χ3v) is 7.88. The van der Waals surface area contributed by atoms with E-state index in [9.17, 15) is 0 Å². The average molecular weight is 521 g/mol. The lowest BCUT2D eigenvalue weighted by Gasteiger charge is -2.11. The Balaban J connectivity index is 1.31. The van der Waals surface area contributed by atoms with Gasteiger partial charge in [0, 0.05) is 50.9 Å². The number of fused-ring (bicyclic) bond motifs is 4. The van der Waals surface area contributed by atoms with Crippen molar-refractivity contribution in [1.29, 1.82) is 0 Å². The van der Waals surface area contributed by atoms with Gasteiger partial charge in [0.1, 0.15) is 10.5 Å². The summed E-state index contributed by atoms with van der Waals surface area (Å²) < 4.78 is 8.42. The second kappa shape index (κ2) is 8.75. The predicted octanol–water partition coefficient (Wildman–Crippen LogP) is 8.78. The Kier molecular flexibility index (Phi) is 4.93. The van der Waals surface area contributed by atoms with Gasteiger partial charge in [-0.25, -0.2) is 9.97 Å². The number of benzene rings is 4. The van der Waals surface area contributed by atoms with E-state index in [0.29, 0.717) is 5.89 Å². The van der Waals surface area contributed by atoms with Crippen LogP contribution in [0.15, 0.2) is 125 Å². The summed E-state index contributed by atoms with van der Waals surface area (Å²) in [6.07, 6.45) is 3.68. The molecule has 0 fully saturated rings. The Hall–Kier alpha value is -5.07. The third kappa shape index (κ3) is 3.65. The van der Waals surface area contributed by atoms with Gasteiger partial charge in [0.25, 0.3) is 0 Å². The molecule has 4 aromatic carbocycles. The van der Waals surface area contributed by atoms with Crippen LogP contribution in [0.5, 0.6) is 0 Å². The van der Waals surface area contributed by atoms with Crippen molar-refractivity contribution >= 4 is 44.2 Å². The van der Waals surface area contributed by atoms with Crippen LogP contribution in [0, 0.1) is 0 Å². The number of para-hydroxylation sites is 3. The van der Waals surface area contributed by atoms with Crippen LogP contribution >= 0.6 is 11.3 Å². The van der Waals surface area contributed by atoms with E-state index in [1.807, 2.05) is 48.1 Å². The molecule has 0 radical (unpaired) electrons. The van der Waals surface area contributed by atoms with Crippen LogP contribution in [0.2, 0.25) is 0 Å². The molecular weight excluding hydrogens is 500 g/mol. The zero-order chi connectivity index (χ0) is 25.8. The topological polar surface area (TPSA) is 56.7 Å². The molecule has 4 heterocycles. The minimum absolute atomic E-state index is 0.617. The molecule has 0 aliphatic heterocycles. The number of nitrogens with zero attached hydrogens (tertiary/aromatic N) is 4. The average Bonchev–Trinajstić information content (AvgIpc) is 3.75. The molecule has 5 nitrogen and oxygen atoms in total. The minimum Gasteiger partial charge on any atom is -0.436 e. The van der Waals surface area contributed by atoms with Gasteiger partial charge in [-0.1, -0.05) is 48.5 Å². The Morgan fingerprint density at radius 2 is 1.54 bits per heavy atom. The highest BCUT2D eigenvalue weighted by atomic mass is 32.1. The van der Waals surface area contributed by atoms with Crippen molar-refractivity contribution in [2.24, 2.45) is 0 Å². The summed E-state index contributed by atoms with van der Waals surface area (Å²) in [6.45, 7) is 0. The van der Waals surface area contributed by atoms with Crippen LogP contribution in [-0.2, 0) is 0 Å². The monoisotopic (exact) mass is 520 g/mol. The lowest BCUT2D eigenvalue weighted by atomic mass is 10.1. The molecule has 0 spiro atoms. The smallest absolute Gasteiger partial charge is 0.227 e. The number of oxazole rings is 1. The highest BCUT2D eigenvalue weighted by Crippen LogP contribution is 2.36. The van der Waals surface area contributed by atoms with Gasteiger partial charge in [0.2, 0.25) is 5.89 Å². The number of aromatic nitrogens is 4. The van der Waals surface area contributed by atoms with Crippen LogP contribution < -0.4 is 0 Å². The Bertz CT molecular complexity index is 2110. The minimum atomic E-state index is 0.617. The molecule has 0 bridgehead atoms. The summed E-state index contributed by atoms with van der Waals surface area (Å²) in [5.74, 6) is 0.617. The fourth-order valence-electron chi connectivity index (χ4n) is 5.27. The number of hydrogen-bond acceptors (Lipinski definition) is 5. The van der Waals surface area contributed by atoms with Crippen molar-refractivity contribution in [2.45, 2.75) is 0 Å². The Morgan fingerprint density at radius 1 is 0.641 bits per heavy atom. The first-order valence-electron chi connectivity index (χ1n) is 12.7. The molecule has 4 aromatic heterocycles. The van der Waals surface area contributed by atoms with Crippen molar-refractivity contribution in [2.75, 3.05) is 0 Å². The summed E-state index contributed by atoms with van der Waals surface area (Å²) in [7, 11) is 0. The Morgan fingerprint density at radius 3 is 2.46 bits per heavy atom. The van der Waals surface area contributed by atoms with Crippen molar-refractivity contribution < 1.29 is 4.42 Å². The van der Waals surface area contributed by atoms with E-state index >= 15 is 0 Å². The highest BCUT2D eigenvalue weighted by Gasteiger charge is 2.16. The second-order valence-electron chi connectivity index (χ2n) is 9.39. The molecule has 0 amide bonds. The van der Waals surface area contributed by atoms with Gasteiger partial charge in [-0.3, -0.25) is 4.98 Å². The maximum atomic E-state index is 6.11. The summed E-state index contributed by atoms with van der Waals surface area (Å²) in [4.78, 5) is 13.9. The molecule has 0 aliphatic rings. The summed E-state index contributed by atoms with van der Waals surface area (Å²) in [6, 6.07) is 35.5. The lowest BCUT2D eigenvalue weighted by molar-refractivity contribution is 0.620. The zero-order valence-electron chi connectivity index (χ0n) is 20.7. The van der Waals surface area contributed by atoms with Gasteiger partial charge in [-0.2, -0.15) is 0 Å². The van der Waals surface area contributed by atoms with E-state index < -0.39 is 0 Å². The molecule has 0 unspecified atom stereocenters. The lowest BCUT2D eigenvalue weighted by Crippen LogP contribution is -1.95. The highest BCUT2D eigenvalue weighted by molar-refractivity contribution is 7.13.